The highest BCUT2D eigenvalue weighted by atomic mass is 16.7. The second-order valence-electron chi connectivity index (χ2n) is 2.84. The number of hydrogen-bond acceptors (Lipinski definition) is 3. The maximum atomic E-state index is 10.6. The topological polar surface area (TPSA) is 58.6 Å². The molecule has 2 aliphatic rings. The number of fused-ring (bicyclic) bond motifs is 1. The standard InChI is InChI=1S/C7H9NO3/c9-7(10)6-4-2-1-3-5(4)11-8-6/h1,3-6,8H,2H2,(H,9,10)/t4-,5+,6-/m0/s1. The zero-order chi connectivity index (χ0) is 7.84. The van der Waals surface area contributed by atoms with Crippen LogP contribution in [0, 0.1) is 5.92 Å². The van der Waals surface area contributed by atoms with Crippen molar-refractivity contribution in [3.63, 3.8) is 0 Å². The molecule has 0 aromatic heterocycles. The van der Waals surface area contributed by atoms with Crippen LogP contribution >= 0.6 is 0 Å². The van der Waals surface area contributed by atoms with E-state index in [1.54, 1.807) is 0 Å². The summed E-state index contributed by atoms with van der Waals surface area (Å²) in [5.74, 6) is -0.742. The third-order valence-electron chi connectivity index (χ3n) is 2.18. The van der Waals surface area contributed by atoms with E-state index in [1.807, 2.05) is 12.2 Å². The van der Waals surface area contributed by atoms with Crippen LogP contribution in [-0.4, -0.2) is 23.2 Å². The molecule has 2 N–H and O–H groups in total. The van der Waals surface area contributed by atoms with Gasteiger partial charge in [-0.1, -0.05) is 12.2 Å². The van der Waals surface area contributed by atoms with Gasteiger partial charge in [0, 0.05) is 5.92 Å². The molecule has 3 atom stereocenters. The fourth-order valence-corrected chi connectivity index (χ4v) is 1.57. The molecule has 0 aromatic rings. The average molecular weight is 155 g/mol. The first kappa shape index (κ1) is 6.82. The molecule has 1 aliphatic carbocycles. The van der Waals surface area contributed by atoms with Gasteiger partial charge in [-0.15, -0.1) is 0 Å². The van der Waals surface area contributed by atoms with Crippen molar-refractivity contribution in [1.82, 2.24) is 5.48 Å². The molecular weight excluding hydrogens is 146 g/mol. The van der Waals surface area contributed by atoms with Crippen LogP contribution in [0.15, 0.2) is 12.2 Å². The lowest BCUT2D eigenvalue weighted by atomic mass is 9.97. The molecule has 2 rings (SSSR count). The van der Waals surface area contributed by atoms with E-state index in [-0.39, 0.29) is 12.0 Å². The van der Waals surface area contributed by atoms with Crippen LogP contribution in [0.2, 0.25) is 0 Å². The first-order valence-electron chi connectivity index (χ1n) is 3.59. The Balaban J connectivity index is 2.12. The van der Waals surface area contributed by atoms with Gasteiger partial charge in [-0.2, -0.15) is 5.48 Å². The number of hydroxylamine groups is 1. The molecule has 1 aliphatic heterocycles. The Morgan fingerprint density at radius 2 is 2.55 bits per heavy atom. The average Bonchev–Trinajstić information content (AvgIpc) is 2.41. The number of rotatable bonds is 1. The van der Waals surface area contributed by atoms with Crippen LogP contribution in [0.25, 0.3) is 0 Å². The van der Waals surface area contributed by atoms with Crippen molar-refractivity contribution < 1.29 is 14.7 Å². The fourth-order valence-electron chi connectivity index (χ4n) is 1.57. The zero-order valence-electron chi connectivity index (χ0n) is 5.86. The highest BCUT2D eigenvalue weighted by molar-refractivity contribution is 5.74. The number of carboxylic acid groups (broad SMARTS) is 1. The Morgan fingerprint density at radius 3 is 3.27 bits per heavy atom. The molecule has 0 aromatic carbocycles. The number of carboxylic acids is 1. The minimum atomic E-state index is -0.832. The molecule has 4 heteroatoms. The van der Waals surface area contributed by atoms with Crippen LogP contribution in [0.3, 0.4) is 0 Å². The summed E-state index contributed by atoms with van der Waals surface area (Å²) in [5, 5.41) is 8.69. The minimum Gasteiger partial charge on any atom is -0.480 e. The molecule has 60 valence electrons. The van der Waals surface area contributed by atoms with Gasteiger partial charge in [-0.25, -0.2) is 0 Å². The minimum absolute atomic E-state index is 0.0314. The van der Waals surface area contributed by atoms with Gasteiger partial charge in [0.25, 0.3) is 0 Å². The summed E-state index contributed by atoms with van der Waals surface area (Å²) in [6.45, 7) is 0. The molecule has 1 saturated heterocycles. The fraction of sp³-hybridized carbons (Fsp3) is 0.571. The zero-order valence-corrected chi connectivity index (χ0v) is 5.86. The SMILES string of the molecule is O=C(O)[C@H]1NO[C@@H]2C=CC[C@H]12. The Hall–Kier alpha value is -0.870. The summed E-state index contributed by atoms with van der Waals surface area (Å²) in [6.07, 6.45) is 4.64. The molecule has 0 unspecified atom stereocenters. The van der Waals surface area contributed by atoms with Crippen LogP contribution in [0.5, 0.6) is 0 Å². The Morgan fingerprint density at radius 1 is 1.73 bits per heavy atom. The summed E-state index contributed by atoms with van der Waals surface area (Å²) >= 11 is 0. The van der Waals surface area contributed by atoms with E-state index in [9.17, 15) is 4.79 Å². The maximum absolute atomic E-state index is 10.6. The van der Waals surface area contributed by atoms with Gasteiger partial charge in [0.15, 0.2) is 0 Å². The molecule has 1 fully saturated rings. The summed E-state index contributed by atoms with van der Waals surface area (Å²) in [7, 11) is 0. The monoisotopic (exact) mass is 155 g/mol. The molecular formula is C7H9NO3. The quantitative estimate of drug-likeness (QED) is 0.520. The molecule has 0 bridgehead atoms. The van der Waals surface area contributed by atoms with Gasteiger partial charge in [0.2, 0.25) is 0 Å². The predicted molar refractivity (Wildman–Crippen MR) is 36.7 cm³/mol. The third-order valence-corrected chi connectivity index (χ3v) is 2.18. The lowest BCUT2D eigenvalue weighted by Crippen LogP contribution is -2.35. The normalized spacial score (nSPS) is 40.9. The summed E-state index contributed by atoms with van der Waals surface area (Å²) in [6, 6.07) is -0.532. The van der Waals surface area contributed by atoms with Crippen molar-refractivity contribution in [2.45, 2.75) is 18.6 Å². The Bertz CT molecular complexity index is 214. The molecule has 0 saturated carbocycles. The molecule has 0 amide bonds. The van der Waals surface area contributed by atoms with E-state index in [2.05, 4.69) is 5.48 Å². The van der Waals surface area contributed by atoms with E-state index < -0.39 is 12.0 Å². The second kappa shape index (κ2) is 2.32. The van der Waals surface area contributed by atoms with Crippen LogP contribution in [0.1, 0.15) is 6.42 Å². The van der Waals surface area contributed by atoms with Gasteiger partial charge in [-0.3, -0.25) is 9.63 Å². The smallest absolute Gasteiger partial charge is 0.323 e. The number of hydrogen-bond donors (Lipinski definition) is 2. The van der Waals surface area contributed by atoms with E-state index in [0.717, 1.165) is 6.42 Å². The van der Waals surface area contributed by atoms with Crippen molar-refractivity contribution >= 4 is 5.97 Å². The number of nitrogens with one attached hydrogen (secondary N) is 1. The van der Waals surface area contributed by atoms with E-state index in [0.29, 0.717) is 0 Å². The van der Waals surface area contributed by atoms with Crippen molar-refractivity contribution in [2.24, 2.45) is 5.92 Å². The van der Waals surface area contributed by atoms with E-state index in [4.69, 9.17) is 9.94 Å². The van der Waals surface area contributed by atoms with Gasteiger partial charge in [0.05, 0.1) is 0 Å². The highest BCUT2D eigenvalue weighted by Crippen LogP contribution is 2.29. The number of allylic oxidation sites excluding steroid dienone is 1. The summed E-state index contributed by atoms with van der Waals surface area (Å²) in [4.78, 5) is 15.6. The lowest BCUT2D eigenvalue weighted by molar-refractivity contribution is -0.141. The highest BCUT2D eigenvalue weighted by Gasteiger charge is 2.41. The molecule has 4 nitrogen and oxygen atoms in total. The largest absolute Gasteiger partial charge is 0.480 e. The maximum Gasteiger partial charge on any atom is 0.323 e. The second-order valence-corrected chi connectivity index (χ2v) is 2.84. The molecule has 0 spiro atoms. The van der Waals surface area contributed by atoms with Crippen molar-refractivity contribution in [1.29, 1.82) is 0 Å². The summed E-state index contributed by atoms with van der Waals surface area (Å²) < 4.78 is 0. The van der Waals surface area contributed by atoms with Crippen molar-refractivity contribution in [3.05, 3.63) is 12.2 Å². The van der Waals surface area contributed by atoms with Crippen molar-refractivity contribution in [3.8, 4) is 0 Å². The van der Waals surface area contributed by atoms with Gasteiger partial charge in [0.1, 0.15) is 12.1 Å². The van der Waals surface area contributed by atoms with Crippen LogP contribution < -0.4 is 5.48 Å². The van der Waals surface area contributed by atoms with Crippen LogP contribution in [0.4, 0.5) is 0 Å². The molecule has 11 heavy (non-hydrogen) atoms. The summed E-state index contributed by atoms with van der Waals surface area (Å²) in [5.41, 5.74) is 2.51. The van der Waals surface area contributed by atoms with E-state index >= 15 is 0 Å². The van der Waals surface area contributed by atoms with E-state index in [1.165, 1.54) is 0 Å². The van der Waals surface area contributed by atoms with Gasteiger partial charge in [-0.05, 0) is 6.42 Å². The first-order chi connectivity index (χ1) is 5.29. The Labute approximate surface area is 63.8 Å². The van der Waals surface area contributed by atoms with Gasteiger partial charge >= 0.3 is 5.97 Å². The molecule has 1 heterocycles. The predicted octanol–water partition coefficient (Wildman–Crippen LogP) is -0.0809. The Kier molecular flexibility index (Phi) is 1.44. The van der Waals surface area contributed by atoms with Gasteiger partial charge < -0.3 is 5.11 Å². The van der Waals surface area contributed by atoms with Crippen molar-refractivity contribution in [2.75, 3.05) is 0 Å². The van der Waals surface area contributed by atoms with Crippen LogP contribution in [-0.2, 0) is 9.63 Å². The number of aliphatic carboxylic acids is 1. The lowest BCUT2D eigenvalue weighted by Gasteiger charge is -2.09. The third kappa shape index (κ3) is 0.948. The number of carbonyl (C=O) groups is 1. The first-order valence-corrected chi connectivity index (χ1v) is 3.59. The molecule has 0 radical (unpaired) electrons.